The normalized spacial score (nSPS) is 16.1. The van der Waals surface area contributed by atoms with Gasteiger partial charge in [0.05, 0.1) is 6.61 Å². The minimum Gasteiger partial charge on any atom is -0.492 e. The van der Waals surface area contributed by atoms with Crippen LogP contribution in [0.2, 0.25) is 0 Å². The second-order valence-corrected chi connectivity index (χ2v) is 5.19. The molecule has 2 aromatic rings. The van der Waals surface area contributed by atoms with E-state index in [2.05, 4.69) is 29.9 Å². The van der Waals surface area contributed by atoms with Crippen LogP contribution in [0.15, 0.2) is 30.5 Å². The highest BCUT2D eigenvalue weighted by Gasteiger charge is 2.31. The third-order valence-corrected chi connectivity index (χ3v) is 3.23. The van der Waals surface area contributed by atoms with Crippen LogP contribution in [0.1, 0.15) is 19.4 Å². The van der Waals surface area contributed by atoms with Crippen molar-refractivity contribution in [3.63, 3.8) is 0 Å². The van der Waals surface area contributed by atoms with Gasteiger partial charge in [-0.2, -0.15) is 0 Å². The predicted octanol–water partition coefficient (Wildman–Crippen LogP) is 2.40. The molecule has 18 heavy (non-hydrogen) atoms. The van der Waals surface area contributed by atoms with Crippen LogP contribution in [0.25, 0.3) is 11.4 Å². The molecule has 2 N–H and O–H groups in total. The Balaban J connectivity index is 2.11. The Kier molecular flexibility index (Phi) is 2.26. The van der Waals surface area contributed by atoms with Crippen molar-refractivity contribution in [2.75, 3.05) is 12.3 Å². The van der Waals surface area contributed by atoms with E-state index in [4.69, 9.17) is 10.5 Å². The molecule has 1 aromatic heterocycles. The van der Waals surface area contributed by atoms with Crippen LogP contribution in [-0.2, 0) is 5.41 Å². The number of hydrogen-bond donors (Lipinski definition) is 1. The summed E-state index contributed by atoms with van der Waals surface area (Å²) in [6.45, 7) is 5.05. The van der Waals surface area contributed by atoms with E-state index in [1.807, 2.05) is 12.1 Å². The first kappa shape index (κ1) is 11.0. The number of anilines is 1. The molecule has 0 atom stereocenters. The van der Waals surface area contributed by atoms with E-state index >= 15 is 0 Å². The van der Waals surface area contributed by atoms with E-state index in [-0.39, 0.29) is 5.41 Å². The fraction of sp³-hybridized carbons (Fsp3) is 0.286. The topological polar surface area (TPSA) is 61.0 Å². The molecule has 0 spiro atoms. The van der Waals surface area contributed by atoms with Gasteiger partial charge in [-0.3, -0.25) is 0 Å². The van der Waals surface area contributed by atoms with Gasteiger partial charge in [0.25, 0.3) is 0 Å². The molecule has 0 radical (unpaired) electrons. The minimum absolute atomic E-state index is 0.0334. The minimum atomic E-state index is 0.0334. The average molecular weight is 241 g/mol. The summed E-state index contributed by atoms with van der Waals surface area (Å²) in [5, 5.41) is 0. The zero-order chi connectivity index (χ0) is 12.8. The number of rotatable bonds is 1. The molecule has 0 unspecified atom stereocenters. The van der Waals surface area contributed by atoms with Crippen LogP contribution in [0.5, 0.6) is 5.75 Å². The summed E-state index contributed by atoms with van der Waals surface area (Å²) < 4.78 is 5.66. The van der Waals surface area contributed by atoms with Crippen molar-refractivity contribution in [1.29, 1.82) is 0 Å². The van der Waals surface area contributed by atoms with Crippen molar-refractivity contribution in [3.05, 3.63) is 36.0 Å². The van der Waals surface area contributed by atoms with E-state index in [0.717, 1.165) is 11.3 Å². The van der Waals surface area contributed by atoms with Gasteiger partial charge in [0.1, 0.15) is 11.6 Å². The first-order valence-corrected chi connectivity index (χ1v) is 5.92. The van der Waals surface area contributed by atoms with Crippen LogP contribution in [0.3, 0.4) is 0 Å². The van der Waals surface area contributed by atoms with Crippen molar-refractivity contribution < 1.29 is 4.74 Å². The Morgan fingerprint density at radius 2 is 2.11 bits per heavy atom. The summed E-state index contributed by atoms with van der Waals surface area (Å²) in [5.74, 6) is 2.09. The fourth-order valence-electron chi connectivity index (χ4n) is 2.17. The van der Waals surface area contributed by atoms with Gasteiger partial charge in [-0.15, -0.1) is 0 Å². The van der Waals surface area contributed by atoms with Crippen LogP contribution < -0.4 is 10.5 Å². The summed E-state index contributed by atoms with van der Waals surface area (Å²) in [4.78, 5) is 8.49. The summed E-state index contributed by atoms with van der Waals surface area (Å²) >= 11 is 0. The molecule has 2 heterocycles. The van der Waals surface area contributed by atoms with Gasteiger partial charge in [-0.25, -0.2) is 9.97 Å². The standard InChI is InChI=1S/C14H15N3O/c1-14(2)8-18-11-4-3-9(7-10(11)14)13-16-6-5-12(15)17-13/h3-7H,8H2,1-2H3,(H2,15,16,17). The Morgan fingerprint density at radius 3 is 2.89 bits per heavy atom. The molecule has 3 rings (SSSR count). The van der Waals surface area contributed by atoms with Crippen LogP contribution in [-0.4, -0.2) is 16.6 Å². The molecule has 4 heteroatoms. The molecule has 0 aliphatic carbocycles. The lowest BCUT2D eigenvalue weighted by Crippen LogP contribution is -2.18. The number of aromatic nitrogens is 2. The third kappa shape index (κ3) is 1.70. The van der Waals surface area contributed by atoms with E-state index in [0.29, 0.717) is 18.2 Å². The number of nitrogens with zero attached hydrogens (tertiary/aromatic N) is 2. The van der Waals surface area contributed by atoms with Crippen molar-refractivity contribution >= 4 is 5.82 Å². The molecule has 92 valence electrons. The van der Waals surface area contributed by atoms with Gasteiger partial charge in [-0.05, 0) is 24.3 Å². The first-order chi connectivity index (χ1) is 8.56. The van der Waals surface area contributed by atoms with Crippen molar-refractivity contribution in [2.45, 2.75) is 19.3 Å². The van der Waals surface area contributed by atoms with Crippen LogP contribution >= 0.6 is 0 Å². The Hall–Kier alpha value is -2.10. The number of benzene rings is 1. The van der Waals surface area contributed by atoms with Crippen molar-refractivity contribution in [1.82, 2.24) is 9.97 Å². The summed E-state index contributed by atoms with van der Waals surface area (Å²) in [6, 6.07) is 7.72. The fourth-order valence-corrected chi connectivity index (χ4v) is 2.17. The maximum absolute atomic E-state index is 5.69. The molecular formula is C14H15N3O. The van der Waals surface area contributed by atoms with E-state index in [1.54, 1.807) is 12.3 Å². The van der Waals surface area contributed by atoms with Gasteiger partial charge >= 0.3 is 0 Å². The van der Waals surface area contributed by atoms with Crippen molar-refractivity contribution in [3.8, 4) is 17.1 Å². The summed E-state index contributed by atoms with van der Waals surface area (Å²) in [7, 11) is 0. The lowest BCUT2D eigenvalue weighted by atomic mass is 9.86. The highest BCUT2D eigenvalue weighted by Crippen LogP contribution is 2.39. The smallest absolute Gasteiger partial charge is 0.161 e. The van der Waals surface area contributed by atoms with Crippen molar-refractivity contribution in [2.24, 2.45) is 0 Å². The number of nitrogen functional groups attached to an aromatic ring is 1. The van der Waals surface area contributed by atoms with E-state index in [1.165, 1.54) is 5.56 Å². The molecule has 4 nitrogen and oxygen atoms in total. The molecule has 1 aromatic carbocycles. The second-order valence-electron chi connectivity index (χ2n) is 5.19. The van der Waals surface area contributed by atoms with Gasteiger partial charge < -0.3 is 10.5 Å². The Morgan fingerprint density at radius 1 is 1.28 bits per heavy atom. The van der Waals surface area contributed by atoms with Gasteiger partial charge in [-0.1, -0.05) is 13.8 Å². The largest absolute Gasteiger partial charge is 0.492 e. The molecule has 0 saturated heterocycles. The Labute approximate surface area is 106 Å². The molecule has 1 aliphatic rings. The molecule has 0 bridgehead atoms. The maximum Gasteiger partial charge on any atom is 0.161 e. The number of hydrogen-bond acceptors (Lipinski definition) is 4. The lowest BCUT2D eigenvalue weighted by Gasteiger charge is -2.15. The van der Waals surface area contributed by atoms with E-state index in [9.17, 15) is 0 Å². The molecule has 0 saturated carbocycles. The van der Waals surface area contributed by atoms with Gasteiger partial charge in [0, 0.05) is 22.7 Å². The van der Waals surface area contributed by atoms with Crippen LogP contribution in [0, 0.1) is 0 Å². The summed E-state index contributed by atoms with van der Waals surface area (Å²) in [5.41, 5.74) is 7.89. The highest BCUT2D eigenvalue weighted by molar-refractivity contribution is 5.61. The van der Waals surface area contributed by atoms with Gasteiger partial charge in [0.15, 0.2) is 5.82 Å². The third-order valence-electron chi connectivity index (χ3n) is 3.23. The zero-order valence-corrected chi connectivity index (χ0v) is 10.5. The van der Waals surface area contributed by atoms with Gasteiger partial charge in [0.2, 0.25) is 0 Å². The predicted molar refractivity (Wildman–Crippen MR) is 70.4 cm³/mol. The average Bonchev–Trinajstić information content (AvgIpc) is 2.65. The van der Waals surface area contributed by atoms with Crippen LogP contribution in [0.4, 0.5) is 5.82 Å². The SMILES string of the molecule is CC1(C)COc2ccc(-c3nccc(N)n3)cc21. The molecular weight excluding hydrogens is 226 g/mol. The number of fused-ring (bicyclic) bond motifs is 1. The number of nitrogens with two attached hydrogens (primary N) is 1. The Bertz CT molecular complexity index is 608. The molecule has 0 fully saturated rings. The monoisotopic (exact) mass is 241 g/mol. The zero-order valence-electron chi connectivity index (χ0n) is 10.5. The maximum atomic E-state index is 5.69. The molecule has 0 amide bonds. The highest BCUT2D eigenvalue weighted by atomic mass is 16.5. The lowest BCUT2D eigenvalue weighted by molar-refractivity contribution is 0.291. The first-order valence-electron chi connectivity index (χ1n) is 5.92. The van der Waals surface area contributed by atoms with E-state index < -0.39 is 0 Å². The quantitative estimate of drug-likeness (QED) is 0.832. The second kappa shape index (κ2) is 3.70. The summed E-state index contributed by atoms with van der Waals surface area (Å²) in [6.07, 6.45) is 1.67. The number of ether oxygens (including phenoxy) is 1. The molecule has 1 aliphatic heterocycles.